The molecule has 0 spiro atoms. The Bertz CT molecular complexity index is 1120. The zero-order chi connectivity index (χ0) is 23.6. The molecule has 2 aromatic rings. The normalized spacial score (nSPS) is 18.2. The highest BCUT2D eigenvalue weighted by Gasteiger charge is 2.41. The predicted molar refractivity (Wildman–Crippen MR) is 111 cm³/mol. The van der Waals surface area contributed by atoms with Gasteiger partial charge >= 0.3 is 6.18 Å². The van der Waals surface area contributed by atoms with Crippen molar-refractivity contribution in [2.75, 3.05) is 37.6 Å². The van der Waals surface area contributed by atoms with Crippen molar-refractivity contribution in [2.24, 2.45) is 0 Å². The first-order valence-corrected chi connectivity index (χ1v) is 10.6. The summed E-state index contributed by atoms with van der Waals surface area (Å²) in [6.45, 7) is 2.59. The number of aromatic amines is 1. The number of nitriles is 1. The number of anilines is 1. The SMILES string of the molecule is N#Cc1ccc(N2CCN(C(=O)CCN[C@@H]3CCc4c3n[nH]c(=O)c4C(F)(F)F)CC2)nc1. The van der Waals surface area contributed by atoms with Gasteiger partial charge in [-0.05, 0) is 30.5 Å². The van der Waals surface area contributed by atoms with E-state index in [1.165, 1.54) is 6.20 Å². The molecule has 0 bridgehead atoms. The summed E-state index contributed by atoms with van der Waals surface area (Å²) < 4.78 is 39.7. The Balaban J connectivity index is 1.27. The maximum absolute atomic E-state index is 13.2. The molecule has 0 radical (unpaired) electrons. The van der Waals surface area contributed by atoms with E-state index in [4.69, 9.17) is 5.26 Å². The number of amides is 1. The molecule has 174 valence electrons. The fourth-order valence-corrected chi connectivity index (χ4v) is 4.30. The molecule has 9 nitrogen and oxygen atoms in total. The third-order valence-corrected chi connectivity index (χ3v) is 5.98. The summed E-state index contributed by atoms with van der Waals surface area (Å²) in [6, 6.07) is 5.07. The molecule has 12 heteroatoms. The summed E-state index contributed by atoms with van der Waals surface area (Å²) in [6.07, 6.45) is -2.52. The average molecular weight is 461 g/mol. The number of alkyl halides is 3. The maximum atomic E-state index is 13.2. The van der Waals surface area contributed by atoms with Crippen LogP contribution in [0.4, 0.5) is 19.0 Å². The van der Waals surface area contributed by atoms with Gasteiger partial charge < -0.3 is 15.1 Å². The van der Waals surface area contributed by atoms with Crippen LogP contribution < -0.4 is 15.8 Å². The number of hydrogen-bond acceptors (Lipinski definition) is 7. The molecule has 1 atom stereocenters. The highest BCUT2D eigenvalue weighted by atomic mass is 19.4. The first-order valence-electron chi connectivity index (χ1n) is 10.6. The Morgan fingerprint density at radius 3 is 2.67 bits per heavy atom. The van der Waals surface area contributed by atoms with E-state index in [1.54, 1.807) is 17.0 Å². The molecule has 3 heterocycles. The molecular weight excluding hydrogens is 439 g/mol. The number of fused-ring (bicyclic) bond motifs is 1. The molecule has 0 aromatic carbocycles. The quantitative estimate of drug-likeness (QED) is 0.691. The highest BCUT2D eigenvalue weighted by molar-refractivity contribution is 5.76. The highest BCUT2D eigenvalue weighted by Crippen LogP contribution is 2.37. The number of halogens is 3. The van der Waals surface area contributed by atoms with Gasteiger partial charge in [0.25, 0.3) is 5.56 Å². The molecule has 0 unspecified atom stereocenters. The molecule has 1 saturated heterocycles. The van der Waals surface area contributed by atoms with E-state index < -0.39 is 23.3 Å². The van der Waals surface area contributed by atoms with Crippen LogP contribution in [0.15, 0.2) is 23.1 Å². The summed E-state index contributed by atoms with van der Waals surface area (Å²) in [5.74, 6) is 0.713. The average Bonchev–Trinajstić information content (AvgIpc) is 3.20. The number of piperazine rings is 1. The summed E-state index contributed by atoms with van der Waals surface area (Å²) >= 11 is 0. The molecular formula is C21H22F3N7O2. The van der Waals surface area contributed by atoms with Gasteiger partial charge in [0.2, 0.25) is 5.91 Å². The monoisotopic (exact) mass is 461 g/mol. The zero-order valence-corrected chi connectivity index (χ0v) is 17.7. The lowest BCUT2D eigenvalue weighted by atomic mass is 10.1. The van der Waals surface area contributed by atoms with Gasteiger partial charge in [-0.25, -0.2) is 10.1 Å². The number of H-pyrrole nitrogens is 1. The number of carbonyl (C=O) groups is 1. The fraction of sp³-hybridized carbons (Fsp3) is 0.476. The maximum Gasteiger partial charge on any atom is 0.422 e. The minimum atomic E-state index is -4.74. The van der Waals surface area contributed by atoms with Crippen LogP contribution in [0, 0.1) is 11.3 Å². The van der Waals surface area contributed by atoms with Gasteiger partial charge in [-0.3, -0.25) is 9.59 Å². The van der Waals surface area contributed by atoms with Crippen molar-refractivity contribution in [1.29, 1.82) is 5.26 Å². The van der Waals surface area contributed by atoms with Crippen LogP contribution in [-0.2, 0) is 17.4 Å². The van der Waals surface area contributed by atoms with Crippen molar-refractivity contribution in [3.8, 4) is 6.07 Å². The minimum Gasteiger partial charge on any atom is -0.353 e. The Morgan fingerprint density at radius 2 is 2.03 bits per heavy atom. The van der Waals surface area contributed by atoms with Gasteiger partial charge in [-0.1, -0.05) is 0 Å². The lowest BCUT2D eigenvalue weighted by molar-refractivity contribution is -0.139. The Kier molecular flexibility index (Phi) is 6.33. The van der Waals surface area contributed by atoms with Crippen LogP contribution in [0.2, 0.25) is 0 Å². The number of hydrogen-bond donors (Lipinski definition) is 2. The Morgan fingerprint density at radius 1 is 1.27 bits per heavy atom. The molecule has 1 aliphatic heterocycles. The smallest absolute Gasteiger partial charge is 0.353 e. The number of carbonyl (C=O) groups excluding carboxylic acids is 1. The van der Waals surface area contributed by atoms with Crippen molar-refractivity contribution in [1.82, 2.24) is 25.4 Å². The molecule has 1 fully saturated rings. The van der Waals surface area contributed by atoms with Crippen molar-refractivity contribution >= 4 is 11.7 Å². The third kappa shape index (κ3) is 4.83. The molecule has 4 rings (SSSR count). The largest absolute Gasteiger partial charge is 0.422 e. The van der Waals surface area contributed by atoms with Crippen LogP contribution in [0.3, 0.4) is 0 Å². The van der Waals surface area contributed by atoms with Gasteiger partial charge in [-0.15, -0.1) is 0 Å². The van der Waals surface area contributed by atoms with Gasteiger partial charge in [0.05, 0.1) is 17.3 Å². The number of aromatic nitrogens is 3. The molecule has 1 aliphatic carbocycles. The molecule has 33 heavy (non-hydrogen) atoms. The van der Waals surface area contributed by atoms with Crippen molar-refractivity contribution in [3.63, 3.8) is 0 Å². The molecule has 0 saturated carbocycles. The fourth-order valence-electron chi connectivity index (χ4n) is 4.30. The summed E-state index contributed by atoms with van der Waals surface area (Å²) in [4.78, 5) is 32.3. The van der Waals surface area contributed by atoms with Gasteiger partial charge in [0, 0.05) is 45.3 Å². The molecule has 2 aliphatic rings. The Hall–Kier alpha value is -3.46. The number of pyridine rings is 1. The van der Waals surface area contributed by atoms with Crippen LogP contribution >= 0.6 is 0 Å². The topological polar surface area (TPSA) is 118 Å². The van der Waals surface area contributed by atoms with Crippen LogP contribution in [0.25, 0.3) is 0 Å². The standard InChI is InChI=1S/C21H22F3N7O2/c22-21(23,24)18-14-2-3-15(19(14)28-29-20(18)33)26-6-5-17(32)31-9-7-30(8-10-31)16-4-1-13(11-25)12-27-16/h1,4,12,15,26H,2-3,5-10H2,(H,29,33)/t15-/m1/s1. The number of nitrogens with zero attached hydrogens (tertiary/aromatic N) is 5. The van der Waals surface area contributed by atoms with E-state index in [2.05, 4.69) is 15.4 Å². The summed E-state index contributed by atoms with van der Waals surface area (Å²) in [7, 11) is 0. The molecule has 1 amide bonds. The second-order valence-electron chi connectivity index (χ2n) is 7.97. The van der Waals surface area contributed by atoms with Crippen LogP contribution in [0.1, 0.15) is 41.3 Å². The van der Waals surface area contributed by atoms with Gasteiger partial charge in [0.15, 0.2) is 0 Å². The van der Waals surface area contributed by atoms with Crippen molar-refractivity contribution in [2.45, 2.75) is 31.5 Å². The van der Waals surface area contributed by atoms with E-state index >= 15 is 0 Å². The van der Waals surface area contributed by atoms with Crippen molar-refractivity contribution in [3.05, 3.63) is 51.1 Å². The lowest BCUT2D eigenvalue weighted by Gasteiger charge is -2.35. The second-order valence-corrected chi connectivity index (χ2v) is 7.97. The van der Waals surface area contributed by atoms with Gasteiger partial charge in [-0.2, -0.15) is 23.5 Å². The third-order valence-electron chi connectivity index (χ3n) is 5.98. The van der Waals surface area contributed by atoms with Crippen LogP contribution in [0.5, 0.6) is 0 Å². The first kappa shape index (κ1) is 22.7. The minimum absolute atomic E-state index is 0.0430. The zero-order valence-electron chi connectivity index (χ0n) is 17.7. The van der Waals surface area contributed by atoms with E-state index in [0.29, 0.717) is 44.7 Å². The lowest BCUT2D eigenvalue weighted by Crippen LogP contribution is -2.49. The molecule has 2 aromatic heterocycles. The number of nitrogens with one attached hydrogen (secondary N) is 2. The van der Waals surface area contributed by atoms with Crippen molar-refractivity contribution < 1.29 is 18.0 Å². The van der Waals surface area contributed by atoms with E-state index in [-0.39, 0.29) is 30.0 Å². The second kappa shape index (κ2) is 9.19. The summed E-state index contributed by atoms with van der Waals surface area (Å²) in [5, 5.41) is 17.7. The van der Waals surface area contributed by atoms with E-state index in [9.17, 15) is 22.8 Å². The van der Waals surface area contributed by atoms with Gasteiger partial charge in [0.1, 0.15) is 17.5 Å². The first-order chi connectivity index (χ1) is 15.8. The summed E-state index contributed by atoms with van der Waals surface area (Å²) in [5.41, 5.74) is -1.79. The van der Waals surface area contributed by atoms with E-state index in [0.717, 1.165) is 5.82 Å². The number of rotatable bonds is 5. The predicted octanol–water partition coefficient (Wildman–Crippen LogP) is 1.37. The van der Waals surface area contributed by atoms with Crippen LogP contribution in [-0.4, -0.2) is 58.7 Å². The Labute approximate surface area is 187 Å². The molecule has 2 N–H and O–H groups in total. The van der Waals surface area contributed by atoms with E-state index in [1.807, 2.05) is 16.1 Å².